The number of nitrogens with zero attached hydrogens (tertiary/aromatic N) is 2. The fraction of sp³-hybridized carbons (Fsp3) is 0.524. The molecule has 8 nitrogen and oxygen atoms in total. The van der Waals surface area contributed by atoms with Crippen LogP contribution in [0.15, 0.2) is 30.3 Å². The summed E-state index contributed by atoms with van der Waals surface area (Å²) in [6.07, 6.45) is 1.28. The summed E-state index contributed by atoms with van der Waals surface area (Å²) in [6.45, 7) is 3.80. The minimum atomic E-state index is -3.12. The molecule has 0 spiro atoms. The monoisotopic (exact) mass is 435 g/mol. The summed E-state index contributed by atoms with van der Waals surface area (Å²) in [5.41, 5.74) is 1.69. The zero-order chi connectivity index (χ0) is 21.9. The molecule has 1 aromatic carbocycles. The second-order valence-electron chi connectivity index (χ2n) is 7.79. The number of hydrogen-bond donors (Lipinski definition) is 2. The predicted molar refractivity (Wildman–Crippen MR) is 114 cm³/mol. The van der Waals surface area contributed by atoms with Crippen molar-refractivity contribution in [2.45, 2.75) is 38.8 Å². The Kier molecular flexibility index (Phi) is 6.82. The molecule has 3 atom stereocenters. The van der Waals surface area contributed by atoms with Gasteiger partial charge in [-0.05, 0) is 42.7 Å². The number of carbonyl (C=O) groups is 1. The Morgan fingerprint density at radius 1 is 1.37 bits per heavy atom. The molecule has 0 bridgehead atoms. The summed E-state index contributed by atoms with van der Waals surface area (Å²) in [5, 5.41) is 16.9. The van der Waals surface area contributed by atoms with Crippen molar-refractivity contribution in [1.29, 1.82) is 0 Å². The Morgan fingerprint density at radius 3 is 2.60 bits per heavy atom. The standard InChI is InChI=1S/C21H29N3O5S/c1-4-14(2)19(12-25)22-21(26)18-11-20(15-5-7-17(29-3)8-6-15)24(23-18)16-9-10-30(27,28)13-16/h5-8,11,14,16,19,25H,4,9-10,12-13H2,1-3H3,(H,22,26)/t14-,16+,19+/m0/s1. The second kappa shape index (κ2) is 9.18. The minimum absolute atomic E-state index is 0.00499. The number of aliphatic hydroxyl groups is 1. The van der Waals surface area contributed by atoms with Crippen molar-refractivity contribution in [3.63, 3.8) is 0 Å². The lowest BCUT2D eigenvalue weighted by atomic mass is 10.00. The van der Waals surface area contributed by atoms with E-state index < -0.39 is 9.84 Å². The van der Waals surface area contributed by atoms with Gasteiger partial charge >= 0.3 is 0 Å². The number of aromatic nitrogens is 2. The first-order chi connectivity index (χ1) is 14.3. The molecule has 1 aromatic heterocycles. The van der Waals surface area contributed by atoms with Crippen molar-refractivity contribution in [2.75, 3.05) is 25.2 Å². The quantitative estimate of drug-likeness (QED) is 0.657. The highest BCUT2D eigenvalue weighted by atomic mass is 32.2. The number of amides is 1. The van der Waals surface area contributed by atoms with Gasteiger partial charge in [0.25, 0.3) is 5.91 Å². The van der Waals surface area contributed by atoms with Gasteiger partial charge in [-0.3, -0.25) is 9.48 Å². The van der Waals surface area contributed by atoms with Crippen LogP contribution >= 0.6 is 0 Å². The first-order valence-corrected chi connectivity index (χ1v) is 12.0. The number of sulfone groups is 1. The molecule has 2 N–H and O–H groups in total. The number of methoxy groups -OCH3 is 1. The summed E-state index contributed by atoms with van der Waals surface area (Å²) in [7, 11) is -1.53. The highest BCUT2D eigenvalue weighted by molar-refractivity contribution is 7.91. The summed E-state index contributed by atoms with van der Waals surface area (Å²) in [4.78, 5) is 12.8. The van der Waals surface area contributed by atoms with Crippen molar-refractivity contribution in [1.82, 2.24) is 15.1 Å². The molecule has 0 radical (unpaired) electrons. The Labute approximate surface area is 177 Å². The van der Waals surface area contributed by atoms with Gasteiger partial charge in [-0.25, -0.2) is 8.42 Å². The van der Waals surface area contributed by atoms with E-state index >= 15 is 0 Å². The number of benzene rings is 1. The van der Waals surface area contributed by atoms with Crippen LogP contribution in [0.25, 0.3) is 11.3 Å². The van der Waals surface area contributed by atoms with Gasteiger partial charge in [-0.15, -0.1) is 0 Å². The lowest BCUT2D eigenvalue weighted by Gasteiger charge is -2.21. The molecule has 0 saturated carbocycles. The molecule has 30 heavy (non-hydrogen) atoms. The van der Waals surface area contributed by atoms with Gasteiger partial charge in [-0.1, -0.05) is 20.3 Å². The largest absolute Gasteiger partial charge is 0.497 e. The van der Waals surface area contributed by atoms with E-state index in [9.17, 15) is 18.3 Å². The molecule has 164 valence electrons. The molecular weight excluding hydrogens is 406 g/mol. The van der Waals surface area contributed by atoms with Crippen LogP contribution in [0.2, 0.25) is 0 Å². The molecule has 3 rings (SSSR count). The van der Waals surface area contributed by atoms with E-state index in [-0.39, 0.29) is 47.7 Å². The summed E-state index contributed by atoms with van der Waals surface area (Å²) in [5.74, 6) is 0.545. The second-order valence-corrected chi connectivity index (χ2v) is 10.0. The predicted octanol–water partition coefficient (Wildman–Crippen LogP) is 2.06. The Bertz CT molecular complexity index is 985. The number of hydrogen-bond acceptors (Lipinski definition) is 6. The van der Waals surface area contributed by atoms with E-state index in [0.717, 1.165) is 12.0 Å². The van der Waals surface area contributed by atoms with Gasteiger partial charge in [0.1, 0.15) is 5.75 Å². The molecule has 1 aliphatic heterocycles. The highest BCUT2D eigenvalue weighted by Gasteiger charge is 2.32. The van der Waals surface area contributed by atoms with E-state index in [1.54, 1.807) is 17.9 Å². The van der Waals surface area contributed by atoms with Crippen LogP contribution in [0.1, 0.15) is 43.2 Å². The van der Waals surface area contributed by atoms with Crippen molar-refractivity contribution in [3.8, 4) is 17.0 Å². The van der Waals surface area contributed by atoms with Crippen LogP contribution in [0.3, 0.4) is 0 Å². The third kappa shape index (κ3) is 4.84. The third-order valence-corrected chi connectivity index (χ3v) is 7.50. The van der Waals surface area contributed by atoms with E-state index in [1.165, 1.54) is 0 Å². The molecule has 1 aliphatic rings. The van der Waals surface area contributed by atoms with Crippen molar-refractivity contribution >= 4 is 15.7 Å². The van der Waals surface area contributed by atoms with Crippen molar-refractivity contribution in [2.24, 2.45) is 5.92 Å². The summed E-state index contributed by atoms with van der Waals surface area (Å²) < 4.78 is 30.9. The van der Waals surface area contributed by atoms with Crippen LogP contribution in [0.4, 0.5) is 0 Å². The number of carbonyl (C=O) groups excluding carboxylic acids is 1. The Balaban J connectivity index is 1.96. The zero-order valence-electron chi connectivity index (χ0n) is 17.5. The molecule has 9 heteroatoms. The smallest absolute Gasteiger partial charge is 0.272 e. The molecular formula is C21H29N3O5S. The third-order valence-electron chi connectivity index (χ3n) is 5.75. The van der Waals surface area contributed by atoms with Gasteiger partial charge in [0.05, 0.1) is 43.0 Å². The van der Waals surface area contributed by atoms with Gasteiger partial charge in [0, 0.05) is 5.56 Å². The van der Waals surface area contributed by atoms with Gasteiger partial charge in [0.15, 0.2) is 15.5 Å². The van der Waals surface area contributed by atoms with E-state index in [4.69, 9.17) is 4.74 Å². The average molecular weight is 436 g/mol. The molecule has 0 aliphatic carbocycles. The van der Waals surface area contributed by atoms with Crippen LogP contribution in [-0.2, 0) is 9.84 Å². The van der Waals surface area contributed by atoms with E-state index in [0.29, 0.717) is 17.9 Å². The van der Waals surface area contributed by atoms with Gasteiger partial charge in [-0.2, -0.15) is 5.10 Å². The molecule has 1 fully saturated rings. The minimum Gasteiger partial charge on any atom is -0.497 e. The lowest BCUT2D eigenvalue weighted by Crippen LogP contribution is -2.42. The van der Waals surface area contributed by atoms with Gasteiger partial charge in [0.2, 0.25) is 0 Å². The maximum absolute atomic E-state index is 12.8. The highest BCUT2D eigenvalue weighted by Crippen LogP contribution is 2.31. The average Bonchev–Trinajstić information content (AvgIpc) is 3.34. The number of aliphatic hydroxyl groups excluding tert-OH is 1. The number of ether oxygens (including phenoxy) is 1. The van der Waals surface area contributed by atoms with Crippen LogP contribution in [0.5, 0.6) is 5.75 Å². The summed E-state index contributed by atoms with van der Waals surface area (Å²) >= 11 is 0. The molecule has 1 saturated heterocycles. The zero-order valence-corrected chi connectivity index (χ0v) is 18.4. The topological polar surface area (TPSA) is 111 Å². The maximum Gasteiger partial charge on any atom is 0.272 e. The van der Waals surface area contributed by atoms with E-state index in [2.05, 4.69) is 10.4 Å². The van der Waals surface area contributed by atoms with E-state index in [1.807, 2.05) is 38.1 Å². The van der Waals surface area contributed by atoms with Crippen LogP contribution < -0.4 is 10.1 Å². The fourth-order valence-corrected chi connectivity index (χ4v) is 5.32. The Hall–Kier alpha value is -2.39. The van der Waals surface area contributed by atoms with Gasteiger partial charge < -0.3 is 15.2 Å². The van der Waals surface area contributed by atoms with Crippen LogP contribution in [0, 0.1) is 5.92 Å². The normalized spacial score (nSPS) is 19.9. The van der Waals surface area contributed by atoms with Crippen LogP contribution in [-0.4, -0.2) is 60.5 Å². The molecule has 2 aromatic rings. The fourth-order valence-electron chi connectivity index (χ4n) is 3.62. The van der Waals surface area contributed by atoms with Crippen molar-refractivity contribution < 1.29 is 23.1 Å². The SMILES string of the molecule is CC[C@H](C)[C@@H](CO)NC(=O)c1cc(-c2ccc(OC)cc2)n([C@@H]2CCS(=O)(=O)C2)n1. The lowest BCUT2D eigenvalue weighted by molar-refractivity contribution is 0.0885. The first-order valence-electron chi connectivity index (χ1n) is 10.1. The number of rotatable bonds is 8. The molecule has 1 amide bonds. The Morgan fingerprint density at radius 2 is 2.07 bits per heavy atom. The maximum atomic E-state index is 12.8. The first kappa shape index (κ1) is 22.3. The van der Waals surface area contributed by atoms with Crippen molar-refractivity contribution in [3.05, 3.63) is 36.0 Å². The molecule has 2 heterocycles. The number of nitrogens with one attached hydrogen (secondary N) is 1. The molecule has 0 unspecified atom stereocenters. The summed E-state index contributed by atoms with van der Waals surface area (Å²) in [6, 6.07) is 8.30.